The zero-order chi connectivity index (χ0) is 14.5. The van der Waals surface area contributed by atoms with Crippen LogP contribution < -0.4 is 5.32 Å². The molecule has 0 aliphatic heterocycles. The normalized spacial score (nSPS) is 15.3. The van der Waals surface area contributed by atoms with Crippen LogP contribution in [0.5, 0.6) is 0 Å². The van der Waals surface area contributed by atoms with E-state index in [1.54, 1.807) is 7.11 Å². The van der Waals surface area contributed by atoms with Gasteiger partial charge in [-0.05, 0) is 58.1 Å². The fourth-order valence-electron chi connectivity index (χ4n) is 2.29. The van der Waals surface area contributed by atoms with E-state index in [4.69, 9.17) is 4.74 Å². The van der Waals surface area contributed by atoms with Crippen molar-refractivity contribution in [3.8, 4) is 0 Å². The molecule has 2 nitrogen and oxygen atoms in total. The molecule has 0 amide bonds. The number of aryl methyl sites for hydroxylation is 1. The molecule has 0 aliphatic rings. The first kappa shape index (κ1) is 16.2. The van der Waals surface area contributed by atoms with Gasteiger partial charge in [-0.2, -0.15) is 0 Å². The maximum Gasteiger partial charge on any atom is 0.0549 e. The molecule has 0 bridgehead atoms. The molecule has 0 aliphatic carbocycles. The van der Waals surface area contributed by atoms with Crippen LogP contribution >= 0.6 is 0 Å². The molecule has 0 spiro atoms. The van der Waals surface area contributed by atoms with Crippen LogP contribution in [0.1, 0.15) is 51.2 Å². The van der Waals surface area contributed by atoms with Gasteiger partial charge in [0.15, 0.2) is 0 Å². The Hall–Kier alpha value is -0.860. The van der Waals surface area contributed by atoms with Crippen LogP contribution in [0, 0.1) is 6.92 Å². The molecule has 0 saturated heterocycles. The van der Waals surface area contributed by atoms with Gasteiger partial charge in [0.05, 0.1) is 6.10 Å². The van der Waals surface area contributed by atoms with Crippen LogP contribution in [-0.2, 0) is 4.74 Å². The molecule has 1 N–H and O–H groups in total. The lowest BCUT2D eigenvalue weighted by atomic mass is 9.89. The van der Waals surface area contributed by atoms with Gasteiger partial charge in [-0.25, -0.2) is 0 Å². The number of rotatable bonds is 6. The number of hydrogen-bond acceptors (Lipinski definition) is 2. The van der Waals surface area contributed by atoms with Gasteiger partial charge in [0.25, 0.3) is 0 Å². The molecule has 0 aromatic heterocycles. The highest BCUT2D eigenvalue weighted by molar-refractivity contribution is 5.29. The van der Waals surface area contributed by atoms with Crippen molar-refractivity contribution in [2.75, 3.05) is 13.7 Å². The Balaban J connectivity index is 2.83. The molecule has 2 heteroatoms. The topological polar surface area (TPSA) is 21.3 Å². The van der Waals surface area contributed by atoms with E-state index in [-0.39, 0.29) is 11.6 Å². The summed E-state index contributed by atoms with van der Waals surface area (Å²) in [6.07, 6.45) is 1.33. The standard InChI is InChI=1S/C17H29NO/c1-13-9-7-8-10-16(13)15(11-14(2)19-6)12-18-17(3,4)5/h7-10,14-15,18H,11-12H2,1-6H3. The van der Waals surface area contributed by atoms with Crippen LogP contribution in [0.4, 0.5) is 0 Å². The van der Waals surface area contributed by atoms with Crippen LogP contribution in [0.15, 0.2) is 24.3 Å². The van der Waals surface area contributed by atoms with E-state index in [0.717, 1.165) is 13.0 Å². The monoisotopic (exact) mass is 263 g/mol. The Labute approximate surface area is 118 Å². The quantitative estimate of drug-likeness (QED) is 0.840. The predicted octanol–water partition coefficient (Wildman–Crippen LogP) is 3.89. The summed E-state index contributed by atoms with van der Waals surface area (Å²) in [7, 11) is 1.79. The zero-order valence-electron chi connectivity index (χ0n) is 13.3. The fourth-order valence-corrected chi connectivity index (χ4v) is 2.29. The lowest BCUT2D eigenvalue weighted by Crippen LogP contribution is -2.39. The first-order valence-electron chi connectivity index (χ1n) is 7.17. The summed E-state index contributed by atoms with van der Waals surface area (Å²) in [5.41, 5.74) is 2.95. The van der Waals surface area contributed by atoms with Crippen LogP contribution in [0.25, 0.3) is 0 Å². The minimum absolute atomic E-state index is 0.150. The summed E-state index contributed by atoms with van der Waals surface area (Å²) < 4.78 is 5.45. The second-order valence-electron chi connectivity index (χ2n) is 6.47. The molecule has 1 rings (SSSR count). The molecule has 2 atom stereocenters. The van der Waals surface area contributed by atoms with Gasteiger partial charge in [-0.3, -0.25) is 0 Å². The summed E-state index contributed by atoms with van der Waals surface area (Å²) in [6, 6.07) is 8.67. The zero-order valence-corrected chi connectivity index (χ0v) is 13.3. The van der Waals surface area contributed by atoms with Crippen molar-refractivity contribution in [1.82, 2.24) is 5.32 Å². The third-order valence-corrected chi connectivity index (χ3v) is 3.53. The number of hydrogen-bond donors (Lipinski definition) is 1. The SMILES string of the molecule is COC(C)CC(CNC(C)(C)C)c1ccccc1C. The lowest BCUT2D eigenvalue weighted by molar-refractivity contribution is 0.103. The molecule has 2 unspecified atom stereocenters. The van der Waals surface area contributed by atoms with Crippen molar-refractivity contribution < 1.29 is 4.74 Å². The van der Waals surface area contributed by atoms with Crippen LogP contribution in [-0.4, -0.2) is 25.3 Å². The number of ether oxygens (including phenoxy) is 1. The molecule has 108 valence electrons. The van der Waals surface area contributed by atoms with E-state index in [0.29, 0.717) is 5.92 Å². The smallest absolute Gasteiger partial charge is 0.0549 e. The minimum atomic E-state index is 0.150. The highest BCUT2D eigenvalue weighted by Gasteiger charge is 2.19. The summed E-state index contributed by atoms with van der Waals surface area (Å²) in [5, 5.41) is 3.62. The molecule has 19 heavy (non-hydrogen) atoms. The van der Waals surface area contributed by atoms with Gasteiger partial charge in [-0.1, -0.05) is 24.3 Å². The first-order valence-corrected chi connectivity index (χ1v) is 7.17. The fraction of sp³-hybridized carbons (Fsp3) is 0.647. The van der Waals surface area contributed by atoms with Crippen molar-refractivity contribution in [2.45, 2.75) is 58.6 Å². The third kappa shape index (κ3) is 5.75. The Bertz CT molecular complexity index is 381. The molecule has 0 saturated carbocycles. The first-order chi connectivity index (χ1) is 8.83. The van der Waals surface area contributed by atoms with Gasteiger partial charge in [0.2, 0.25) is 0 Å². The number of nitrogens with one attached hydrogen (secondary N) is 1. The van der Waals surface area contributed by atoms with Crippen molar-refractivity contribution in [2.24, 2.45) is 0 Å². The second kappa shape index (κ2) is 7.06. The predicted molar refractivity (Wildman–Crippen MR) is 82.8 cm³/mol. The maximum atomic E-state index is 5.45. The Morgan fingerprint density at radius 3 is 2.37 bits per heavy atom. The Morgan fingerprint density at radius 1 is 1.21 bits per heavy atom. The summed E-state index contributed by atoms with van der Waals surface area (Å²) in [4.78, 5) is 0. The van der Waals surface area contributed by atoms with E-state index in [2.05, 4.69) is 64.2 Å². The van der Waals surface area contributed by atoms with Gasteiger partial charge < -0.3 is 10.1 Å². The number of benzene rings is 1. The van der Waals surface area contributed by atoms with Crippen molar-refractivity contribution >= 4 is 0 Å². The second-order valence-corrected chi connectivity index (χ2v) is 6.47. The van der Waals surface area contributed by atoms with Crippen molar-refractivity contribution in [1.29, 1.82) is 0 Å². The highest BCUT2D eigenvalue weighted by Crippen LogP contribution is 2.25. The maximum absolute atomic E-state index is 5.45. The average Bonchev–Trinajstić information content (AvgIpc) is 2.34. The molecule has 0 radical (unpaired) electrons. The molecule has 0 fully saturated rings. The Morgan fingerprint density at radius 2 is 1.84 bits per heavy atom. The number of methoxy groups -OCH3 is 1. The summed E-state index contributed by atoms with van der Waals surface area (Å²) in [6.45, 7) is 12.0. The molecule has 0 heterocycles. The molecular weight excluding hydrogens is 234 g/mol. The van der Waals surface area contributed by atoms with Gasteiger partial charge >= 0.3 is 0 Å². The van der Waals surface area contributed by atoms with E-state index >= 15 is 0 Å². The van der Waals surface area contributed by atoms with E-state index in [9.17, 15) is 0 Å². The van der Waals surface area contributed by atoms with E-state index in [1.807, 2.05) is 0 Å². The van der Waals surface area contributed by atoms with E-state index < -0.39 is 0 Å². The third-order valence-electron chi connectivity index (χ3n) is 3.53. The van der Waals surface area contributed by atoms with Crippen LogP contribution in [0.3, 0.4) is 0 Å². The van der Waals surface area contributed by atoms with Gasteiger partial charge in [0, 0.05) is 19.2 Å². The summed E-state index contributed by atoms with van der Waals surface area (Å²) in [5.74, 6) is 0.496. The highest BCUT2D eigenvalue weighted by atomic mass is 16.5. The molecule has 1 aromatic rings. The van der Waals surface area contributed by atoms with Crippen molar-refractivity contribution in [3.63, 3.8) is 0 Å². The largest absolute Gasteiger partial charge is 0.382 e. The van der Waals surface area contributed by atoms with Gasteiger partial charge in [0.1, 0.15) is 0 Å². The molecule has 1 aromatic carbocycles. The lowest BCUT2D eigenvalue weighted by Gasteiger charge is -2.28. The van der Waals surface area contributed by atoms with Crippen LogP contribution in [0.2, 0.25) is 0 Å². The summed E-state index contributed by atoms with van der Waals surface area (Å²) >= 11 is 0. The van der Waals surface area contributed by atoms with E-state index in [1.165, 1.54) is 11.1 Å². The molecular formula is C17H29NO. The minimum Gasteiger partial charge on any atom is -0.382 e. The van der Waals surface area contributed by atoms with Crippen molar-refractivity contribution in [3.05, 3.63) is 35.4 Å². The average molecular weight is 263 g/mol. The Kier molecular flexibility index (Phi) is 6.02. The van der Waals surface area contributed by atoms with Gasteiger partial charge in [-0.15, -0.1) is 0 Å².